The van der Waals surface area contributed by atoms with Gasteiger partial charge in [-0.25, -0.2) is 4.39 Å². The van der Waals surface area contributed by atoms with Gasteiger partial charge in [0.1, 0.15) is 11.6 Å². The zero-order valence-electron chi connectivity index (χ0n) is 10.9. The Labute approximate surface area is 114 Å². The molecule has 2 aromatic rings. The van der Waals surface area contributed by atoms with Crippen LogP contribution in [0.25, 0.3) is 0 Å². The van der Waals surface area contributed by atoms with Gasteiger partial charge in [-0.05, 0) is 32.0 Å². The molecular weight excluding hydrogens is 263 g/mol. The molecule has 0 bridgehead atoms. The smallest absolute Gasteiger partial charge is 0.299 e. The molecule has 1 amide bonds. The van der Waals surface area contributed by atoms with Gasteiger partial charge in [0.15, 0.2) is 0 Å². The van der Waals surface area contributed by atoms with Gasteiger partial charge in [-0.2, -0.15) is 0 Å². The SMILES string of the molecule is Cc1noc(C)c1CN1C(=O)C(=O)c2cc(F)ccc21. The number of halogens is 1. The van der Waals surface area contributed by atoms with Crippen LogP contribution in [0, 0.1) is 19.7 Å². The fraction of sp³-hybridized carbons (Fsp3) is 0.214. The topological polar surface area (TPSA) is 63.4 Å². The van der Waals surface area contributed by atoms with E-state index in [-0.39, 0.29) is 12.1 Å². The molecule has 0 saturated heterocycles. The van der Waals surface area contributed by atoms with Gasteiger partial charge in [-0.1, -0.05) is 5.16 Å². The maximum Gasteiger partial charge on any atom is 0.299 e. The fourth-order valence-electron chi connectivity index (χ4n) is 2.32. The van der Waals surface area contributed by atoms with Crippen molar-refractivity contribution in [1.82, 2.24) is 5.16 Å². The Morgan fingerprint density at radius 2 is 2.05 bits per heavy atom. The molecule has 1 aromatic heterocycles. The van der Waals surface area contributed by atoms with Crippen molar-refractivity contribution in [2.45, 2.75) is 20.4 Å². The lowest BCUT2D eigenvalue weighted by Gasteiger charge is -2.16. The highest BCUT2D eigenvalue weighted by Gasteiger charge is 2.36. The monoisotopic (exact) mass is 274 g/mol. The molecule has 0 unspecified atom stereocenters. The van der Waals surface area contributed by atoms with E-state index in [1.165, 1.54) is 17.0 Å². The number of amides is 1. The van der Waals surface area contributed by atoms with Gasteiger partial charge in [0.05, 0.1) is 23.5 Å². The molecule has 1 aliphatic rings. The molecule has 0 N–H and O–H groups in total. The number of fused-ring (bicyclic) bond motifs is 1. The molecule has 0 atom stereocenters. The van der Waals surface area contributed by atoms with Crippen LogP contribution in [0.5, 0.6) is 0 Å². The van der Waals surface area contributed by atoms with E-state index >= 15 is 0 Å². The summed E-state index contributed by atoms with van der Waals surface area (Å²) in [5, 5.41) is 3.81. The molecule has 6 heteroatoms. The molecule has 1 aliphatic heterocycles. The second-order valence-corrected chi connectivity index (χ2v) is 4.68. The lowest BCUT2D eigenvalue weighted by Crippen LogP contribution is -2.29. The number of hydrogen-bond donors (Lipinski definition) is 0. The van der Waals surface area contributed by atoms with E-state index in [4.69, 9.17) is 4.52 Å². The number of carbonyl (C=O) groups is 2. The van der Waals surface area contributed by atoms with Crippen LogP contribution in [-0.4, -0.2) is 16.8 Å². The summed E-state index contributed by atoms with van der Waals surface area (Å²) in [6.07, 6.45) is 0. The summed E-state index contributed by atoms with van der Waals surface area (Å²) in [6, 6.07) is 3.75. The minimum Gasteiger partial charge on any atom is -0.361 e. The van der Waals surface area contributed by atoms with Crippen molar-refractivity contribution in [3.8, 4) is 0 Å². The van der Waals surface area contributed by atoms with E-state index in [0.717, 1.165) is 11.6 Å². The van der Waals surface area contributed by atoms with Crippen molar-refractivity contribution in [3.63, 3.8) is 0 Å². The van der Waals surface area contributed by atoms with Crippen molar-refractivity contribution in [2.75, 3.05) is 4.90 Å². The third kappa shape index (κ3) is 1.72. The number of anilines is 1. The number of ketones is 1. The van der Waals surface area contributed by atoms with Gasteiger partial charge in [-0.15, -0.1) is 0 Å². The Balaban J connectivity index is 2.04. The third-order valence-corrected chi connectivity index (χ3v) is 3.43. The third-order valence-electron chi connectivity index (χ3n) is 3.43. The van der Waals surface area contributed by atoms with Gasteiger partial charge >= 0.3 is 0 Å². The van der Waals surface area contributed by atoms with Gasteiger partial charge < -0.3 is 9.42 Å². The Kier molecular flexibility index (Phi) is 2.67. The number of rotatable bonds is 2. The molecule has 5 nitrogen and oxygen atoms in total. The minimum absolute atomic E-state index is 0.0989. The van der Waals surface area contributed by atoms with E-state index in [2.05, 4.69) is 5.16 Å². The maximum atomic E-state index is 13.2. The fourth-order valence-corrected chi connectivity index (χ4v) is 2.32. The van der Waals surface area contributed by atoms with Crippen LogP contribution in [0.4, 0.5) is 10.1 Å². The van der Waals surface area contributed by atoms with E-state index in [0.29, 0.717) is 17.1 Å². The Bertz CT molecular complexity index is 717. The number of hydrogen-bond acceptors (Lipinski definition) is 4. The lowest BCUT2D eigenvalue weighted by molar-refractivity contribution is -0.114. The lowest BCUT2D eigenvalue weighted by atomic mass is 10.1. The number of aryl methyl sites for hydroxylation is 2. The van der Waals surface area contributed by atoms with E-state index in [9.17, 15) is 14.0 Å². The first kappa shape index (κ1) is 12.5. The average Bonchev–Trinajstić information content (AvgIpc) is 2.85. The highest BCUT2D eigenvalue weighted by Crippen LogP contribution is 2.31. The molecule has 0 radical (unpaired) electrons. The highest BCUT2D eigenvalue weighted by atomic mass is 19.1. The van der Waals surface area contributed by atoms with E-state index in [1.807, 2.05) is 0 Å². The van der Waals surface area contributed by atoms with Crippen LogP contribution in [0.2, 0.25) is 0 Å². The Hall–Kier alpha value is -2.50. The molecule has 102 valence electrons. The van der Waals surface area contributed by atoms with Crippen molar-refractivity contribution < 1.29 is 18.5 Å². The predicted octanol–water partition coefficient (Wildman–Crippen LogP) is 2.16. The second kappa shape index (κ2) is 4.26. The van der Waals surface area contributed by atoms with Gasteiger partial charge in [0.25, 0.3) is 11.7 Å². The van der Waals surface area contributed by atoms with Crippen LogP contribution in [0.3, 0.4) is 0 Å². The summed E-state index contributed by atoms with van der Waals surface area (Å²) in [7, 11) is 0. The van der Waals surface area contributed by atoms with Gasteiger partial charge in [-0.3, -0.25) is 9.59 Å². The van der Waals surface area contributed by atoms with Crippen molar-refractivity contribution in [3.05, 3.63) is 46.6 Å². The summed E-state index contributed by atoms with van der Waals surface area (Å²) in [5.41, 5.74) is 1.93. The highest BCUT2D eigenvalue weighted by molar-refractivity contribution is 6.52. The summed E-state index contributed by atoms with van der Waals surface area (Å²) in [6.45, 7) is 3.69. The number of carbonyl (C=O) groups excluding carboxylic acids is 2. The van der Waals surface area contributed by atoms with Crippen molar-refractivity contribution in [1.29, 1.82) is 0 Å². The molecule has 1 aromatic carbocycles. The van der Waals surface area contributed by atoms with Crippen molar-refractivity contribution in [2.24, 2.45) is 0 Å². The number of benzene rings is 1. The normalized spacial score (nSPS) is 14.1. The Morgan fingerprint density at radius 1 is 1.30 bits per heavy atom. The van der Waals surface area contributed by atoms with Crippen LogP contribution in [0.1, 0.15) is 27.4 Å². The largest absolute Gasteiger partial charge is 0.361 e. The number of nitrogens with zero attached hydrogens (tertiary/aromatic N) is 2. The molecule has 0 aliphatic carbocycles. The Morgan fingerprint density at radius 3 is 2.70 bits per heavy atom. The molecule has 2 heterocycles. The quantitative estimate of drug-likeness (QED) is 0.787. The van der Waals surface area contributed by atoms with Crippen LogP contribution < -0.4 is 4.90 Å². The van der Waals surface area contributed by atoms with Gasteiger partial charge in [0.2, 0.25) is 0 Å². The molecular formula is C14H11FN2O3. The molecule has 0 saturated carbocycles. The first-order valence-corrected chi connectivity index (χ1v) is 6.06. The van der Waals surface area contributed by atoms with E-state index < -0.39 is 17.5 Å². The predicted molar refractivity (Wildman–Crippen MR) is 67.9 cm³/mol. The molecule has 0 spiro atoms. The van der Waals surface area contributed by atoms with Crippen LogP contribution in [0.15, 0.2) is 22.7 Å². The molecule has 20 heavy (non-hydrogen) atoms. The summed E-state index contributed by atoms with van der Waals surface area (Å²) in [4.78, 5) is 25.2. The number of Topliss-reactive ketones (excluding diaryl/α,β-unsaturated/α-hetero) is 1. The summed E-state index contributed by atoms with van der Waals surface area (Å²) >= 11 is 0. The summed E-state index contributed by atoms with van der Waals surface area (Å²) < 4.78 is 18.2. The molecule has 0 fully saturated rings. The zero-order chi connectivity index (χ0) is 14.4. The van der Waals surface area contributed by atoms with E-state index in [1.54, 1.807) is 13.8 Å². The first-order valence-electron chi connectivity index (χ1n) is 6.06. The zero-order valence-corrected chi connectivity index (χ0v) is 10.9. The van der Waals surface area contributed by atoms with Crippen LogP contribution in [-0.2, 0) is 11.3 Å². The van der Waals surface area contributed by atoms with Crippen LogP contribution >= 0.6 is 0 Å². The molecule has 3 rings (SSSR count). The summed E-state index contributed by atoms with van der Waals surface area (Å²) in [5.74, 6) is -1.29. The standard InChI is InChI=1S/C14H11FN2O3/c1-7-11(8(2)20-16-7)6-17-12-4-3-9(15)5-10(12)13(18)14(17)19/h3-5H,6H2,1-2H3. The first-order chi connectivity index (χ1) is 9.49. The average molecular weight is 274 g/mol. The number of aromatic nitrogens is 1. The minimum atomic E-state index is -0.689. The van der Waals surface area contributed by atoms with Gasteiger partial charge in [0, 0.05) is 5.56 Å². The second-order valence-electron chi connectivity index (χ2n) is 4.68. The van der Waals surface area contributed by atoms with Crippen molar-refractivity contribution >= 4 is 17.4 Å². The maximum absolute atomic E-state index is 13.2.